The van der Waals surface area contributed by atoms with Crippen molar-refractivity contribution >= 4 is 17.2 Å². The zero-order valence-corrected chi connectivity index (χ0v) is 7.16. The van der Waals surface area contributed by atoms with Crippen molar-refractivity contribution in [3.63, 3.8) is 0 Å². The van der Waals surface area contributed by atoms with Gasteiger partial charge in [0.25, 0.3) is 0 Å². The molecule has 0 spiro atoms. The molecule has 1 aromatic heterocycles. The lowest BCUT2D eigenvalue weighted by Gasteiger charge is -1.97. The van der Waals surface area contributed by atoms with Crippen LogP contribution in [0, 0.1) is 6.92 Å². The lowest BCUT2D eigenvalue weighted by Crippen LogP contribution is -1.77. The van der Waals surface area contributed by atoms with E-state index in [0.717, 1.165) is 17.2 Å². The average molecular weight is 175 g/mol. The monoisotopic (exact) mass is 175 g/mol. The molecule has 0 unspecified atom stereocenters. The van der Waals surface area contributed by atoms with E-state index in [9.17, 15) is 9.90 Å². The number of aromatic hydroxyl groups is 1. The van der Waals surface area contributed by atoms with E-state index in [2.05, 4.69) is 4.98 Å². The van der Waals surface area contributed by atoms with Gasteiger partial charge in [-0.05, 0) is 24.6 Å². The summed E-state index contributed by atoms with van der Waals surface area (Å²) in [5.74, 6) is 0.183. The fraction of sp³-hybridized carbons (Fsp3) is 0.100. The molecule has 0 aliphatic rings. The maximum atomic E-state index is 10.6. The number of hydrogen-bond donors (Lipinski definition) is 2. The predicted octanol–water partition coefficient (Wildman–Crippen LogP) is 1.99. The largest absolute Gasteiger partial charge is 0.506 e. The molecule has 13 heavy (non-hydrogen) atoms. The number of hydrogen-bond acceptors (Lipinski definition) is 2. The van der Waals surface area contributed by atoms with Crippen LogP contribution in [0.1, 0.15) is 15.9 Å². The van der Waals surface area contributed by atoms with Crippen LogP contribution in [0.5, 0.6) is 5.75 Å². The number of carbonyl (C=O) groups is 1. The van der Waals surface area contributed by atoms with Gasteiger partial charge in [0.05, 0.1) is 5.52 Å². The number of H-pyrrole nitrogens is 1. The zero-order chi connectivity index (χ0) is 9.42. The average Bonchev–Trinajstić information content (AvgIpc) is 2.47. The van der Waals surface area contributed by atoms with Gasteiger partial charge in [0.1, 0.15) is 5.75 Å². The molecule has 0 bridgehead atoms. The summed E-state index contributed by atoms with van der Waals surface area (Å²) < 4.78 is 0. The van der Waals surface area contributed by atoms with Gasteiger partial charge in [-0.1, -0.05) is 0 Å². The Labute approximate surface area is 75.0 Å². The molecule has 0 saturated carbocycles. The third-order valence-corrected chi connectivity index (χ3v) is 2.07. The second kappa shape index (κ2) is 2.62. The SMILES string of the molecule is Cc1cc(O)c2[nH]cc(C=O)c2c1. The van der Waals surface area contributed by atoms with Crippen LogP contribution in [-0.4, -0.2) is 16.4 Å². The first-order valence-corrected chi connectivity index (χ1v) is 3.98. The van der Waals surface area contributed by atoms with Crippen LogP contribution in [0.4, 0.5) is 0 Å². The summed E-state index contributed by atoms with van der Waals surface area (Å²) >= 11 is 0. The number of rotatable bonds is 1. The number of nitrogens with one attached hydrogen (secondary N) is 1. The molecule has 0 saturated heterocycles. The van der Waals surface area contributed by atoms with Crippen molar-refractivity contribution in [3.8, 4) is 5.75 Å². The molecule has 3 nitrogen and oxygen atoms in total. The van der Waals surface area contributed by atoms with Crippen molar-refractivity contribution < 1.29 is 9.90 Å². The van der Waals surface area contributed by atoms with Crippen LogP contribution in [0.3, 0.4) is 0 Å². The van der Waals surface area contributed by atoms with E-state index in [1.165, 1.54) is 0 Å². The molecule has 2 N–H and O–H groups in total. The highest BCUT2D eigenvalue weighted by Crippen LogP contribution is 2.26. The fourth-order valence-electron chi connectivity index (χ4n) is 1.47. The molecule has 0 atom stereocenters. The number of phenols is 1. The van der Waals surface area contributed by atoms with Crippen LogP contribution >= 0.6 is 0 Å². The Hall–Kier alpha value is -1.77. The molecule has 0 aliphatic carbocycles. The predicted molar refractivity (Wildman–Crippen MR) is 50.1 cm³/mol. The number of carbonyl (C=O) groups excluding carboxylic acids is 1. The van der Waals surface area contributed by atoms with Crippen LogP contribution in [-0.2, 0) is 0 Å². The normalized spacial score (nSPS) is 10.5. The second-order valence-corrected chi connectivity index (χ2v) is 3.07. The molecular formula is C10H9NO2. The minimum absolute atomic E-state index is 0.183. The van der Waals surface area contributed by atoms with Gasteiger partial charge in [-0.15, -0.1) is 0 Å². The Morgan fingerprint density at radius 1 is 1.46 bits per heavy atom. The lowest BCUT2D eigenvalue weighted by molar-refractivity contribution is 0.112. The summed E-state index contributed by atoms with van der Waals surface area (Å²) in [5.41, 5.74) is 2.13. The van der Waals surface area contributed by atoms with Crippen molar-refractivity contribution in [1.82, 2.24) is 4.98 Å². The maximum absolute atomic E-state index is 10.6. The Bertz CT molecular complexity index is 471. The van der Waals surface area contributed by atoms with E-state index >= 15 is 0 Å². The van der Waals surface area contributed by atoms with Gasteiger partial charge >= 0.3 is 0 Å². The van der Waals surface area contributed by atoms with Crippen LogP contribution in [0.15, 0.2) is 18.3 Å². The van der Waals surface area contributed by atoms with E-state index < -0.39 is 0 Å². The molecule has 1 heterocycles. The van der Waals surface area contributed by atoms with Crippen molar-refractivity contribution in [2.75, 3.05) is 0 Å². The molecule has 0 radical (unpaired) electrons. The zero-order valence-electron chi connectivity index (χ0n) is 7.16. The van der Waals surface area contributed by atoms with E-state index in [1.54, 1.807) is 12.3 Å². The molecule has 1 aromatic carbocycles. The number of phenolic OH excluding ortho intramolecular Hbond substituents is 1. The number of aromatic nitrogens is 1. The van der Waals surface area contributed by atoms with Gasteiger partial charge in [0, 0.05) is 17.1 Å². The van der Waals surface area contributed by atoms with E-state index in [1.807, 2.05) is 13.0 Å². The Balaban J connectivity index is 2.89. The maximum Gasteiger partial charge on any atom is 0.152 e. The molecule has 2 rings (SSSR count). The van der Waals surface area contributed by atoms with Crippen molar-refractivity contribution in [2.24, 2.45) is 0 Å². The minimum atomic E-state index is 0.183. The Kier molecular flexibility index (Phi) is 1.59. The smallest absolute Gasteiger partial charge is 0.152 e. The quantitative estimate of drug-likeness (QED) is 0.651. The van der Waals surface area contributed by atoms with Gasteiger partial charge in [0.15, 0.2) is 6.29 Å². The first kappa shape index (κ1) is 7.86. The van der Waals surface area contributed by atoms with Gasteiger partial charge < -0.3 is 10.1 Å². The summed E-state index contributed by atoms with van der Waals surface area (Å²) in [6.45, 7) is 1.88. The first-order chi connectivity index (χ1) is 6.22. The molecule has 0 aliphatic heterocycles. The van der Waals surface area contributed by atoms with Gasteiger partial charge in [-0.2, -0.15) is 0 Å². The van der Waals surface area contributed by atoms with Gasteiger partial charge in [-0.25, -0.2) is 0 Å². The number of aryl methyl sites for hydroxylation is 1. The number of aldehydes is 1. The van der Waals surface area contributed by atoms with Crippen molar-refractivity contribution in [3.05, 3.63) is 29.5 Å². The van der Waals surface area contributed by atoms with Gasteiger partial charge in [-0.3, -0.25) is 4.79 Å². The molecule has 3 heteroatoms. The first-order valence-electron chi connectivity index (χ1n) is 3.98. The van der Waals surface area contributed by atoms with E-state index in [4.69, 9.17) is 0 Å². The minimum Gasteiger partial charge on any atom is -0.506 e. The lowest BCUT2D eigenvalue weighted by atomic mass is 10.1. The summed E-state index contributed by atoms with van der Waals surface area (Å²) in [4.78, 5) is 13.5. The summed E-state index contributed by atoms with van der Waals surface area (Å²) in [6.07, 6.45) is 2.37. The number of aromatic amines is 1. The second-order valence-electron chi connectivity index (χ2n) is 3.07. The summed E-state index contributed by atoms with van der Waals surface area (Å²) in [6, 6.07) is 3.53. The Morgan fingerprint density at radius 3 is 2.92 bits per heavy atom. The van der Waals surface area contributed by atoms with Gasteiger partial charge in [0.2, 0.25) is 0 Å². The highest BCUT2D eigenvalue weighted by molar-refractivity contribution is 5.99. The van der Waals surface area contributed by atoms with Crippen LogP contribution in [0.25, 0.3) is 10.9 Å². The standard InChI is InChI=1S/C10H9NO2/c1-6-2-8-7(5-12)4-11-10(8)9(13)3-6/h2-5,11,13H,1H3. The van der Waals surface area contributed by atoms with E-state index in [-0.39, 0.29) is 5.75 Å². The summed E-state index contributed by atoms with van der Waals surface area (Å²) in [7, 11) is 0. The number of benzene rings is 1. The molecule has 66 valence electrons. The number of fused-ring (bicyclic) bond motifs is 1. The Morgan fingerprint density at radius 2 is 2.23 bits per heavy atom. The third kappa shape index (κ3) is 1.09. The highest BCUT2D eigenvalue weighted by Gasteiger charge is 2.06. The van der Waals surface area contributed by atoms with Crippen molar-refractivity contribution in [2.45, 2.75) is 6.92 Å². The molecule has 0 amide bonds. The molecular weight excluding hydrogens is 166 g/mol. The van der Waals surface area contributed by atoms with E-state index in [0.29, 0.717) is 11.1 Å². The summed E-state index contributed by atoms with van der Waals surface area (Å²) in [5, 5.41) is 10.3. The third-order valence-electron chi connectivity index (χ3n) is 2.07. The fourth-order valence-corrected chi connectivity index (χ4v) is 1.47. The molecule has 0 fully saturated rings. The highest BCUT2D eigenvalue weighted by atomic mass is 16.3. The molecule has 2 aromatic rings. The van der Waals surface area contributed by atoms with Crippen LogP contribution < -0.4 is 0 Å². The van der Waals surface area contributed by atoms with Crippen molar-refractivity contribution in [1.29, 1.82) is 0 Å². The topological polar surface area (TPSA) is 53.1 Å². The van der Waals surface area contributed by atoms with Crippen LogP contribution in [0.2, 0.25) is 0 Å².